The van der Waals surface area contributed by atoms with Gasteiger partial charge in [-0.3, -0.25) is 4.99 Å². The van der Waals surface area contributed by atoms with Crippen molar-refractivity contribution >= 4 is 11.9 Å². The molecule has 0 fully saturated rings. The summed E-state index contributed by atoms with van der Waals surface area (Å²) in [4.78, 5) is 4.25. The second-order valence-corrected chi connectivity index (χ2v) is 3.90. The number of rotatable bonds is 4. The highest BCUT2D eigenvalue weighted by molar-refractivity contribution is 5.95. The van der Waals surface area contributed by atoms with Gasteiger partial charge >= 0.3 is 0 Å². The van der Waals surface area contributed by atoms with Crippen LogP contribution in [0.5, 0.6) is 0 Å². The van der Waals surface area contributed by atoms with Gasteiger partial charge in [-0.15, -0.1) is 0 Å². The van der Waals surface area contributed by atoms with E-state index in [2.05, 4.69) is 18.8 Å². The van der Waals surface area contributed by atoms with Gasteiger partial charge in [-0.25, -0.2) is 0 Å². The molecule has 0 unspecified atom stereocenters. The van der Waals surface area contributed by atoms with E-state index in [4.69, 9.17) is 5.73 Å². The van der Waals surface area contributed by atoms with Gasteiger partial charge in [0, 0.05) is 6.54 Å². The lowest BCUT2D eigenvalue weighted by Gasteiger charge is -1.98. The van der Waals surface area contributed by atoms with Crippen LogP contribution >= 0.6 is 0 Å². The van der Waals surface area contributed by atoms with Gasteiger partial charge in [-0.1, -0.05) is 50.3 Å². The molecule has 2 N–H and O–H groups in total. The minimum absolute atomic E-state index is 0.550. The van der Waals surface area contributed by atoms with Crippen LogP contribution in [0.4, 0.5) is 0 Å². The van der Waals surface area contributed by atoms with E-state index >= 15 is 0 Å². The van der Waals surface area contributed by atoms with E-state index in [1.165, 1.54) is 0 Å². The number of aliphatic imine (C=N–C) groups is 1. The summed E-state index contributed by atoms with van der Waals surface area (Å²) in [6.45, 7) is 5.03. The van der Waals surface area contributed by atoms with Crippen molar-refractivity contribution in [2.75, 3.05) is 6.54 Å². The van der Waals surface area contributed by atoms with Gasteiger partial charge < -0.3 is 5.73 Å². The van der Waals surface area contributed by atoms with E-state index in [-0.39, 0.29) is 0 Å². The monoisotopic (exact) mass is 202 g/mol. The number of hydrogen-bond donors (Lipinski definition) is 1. The van der Waals surface area contributed by atoms with Crippen LogP contribution in [0.15, 0.2) is 41.4 Å². The topological polar surface area (TPSA) is 38.4 Å². The molecule has 1 aromatic carbocycles. The van der Waals surface area contributed by atoms with Gasteiger partial charge in [-0.05, 0) is 17.6 Å². The summed E-state index contributed by atoms with van der Waals surface area (Å²) in [6.07, 6.45) is 3.82. The molecule has 0 amide bonds. The zero-order valence-corrected chi connectivity index (χ0v) is 9.35. The smallest absolute Gasteiger partial charge is 0.118 e. The third kappa shape index (κ3) is 5.01. The Morgan fingerprint density at radius 2 is 2.00 bits per heavy atom. The minimum atomic E-state index is 0.550. The zero-order chi connectivity index (χ0) is 11.1. The number of hydrogen-bond acceptors (Lipinski definition) is 1. The average molecular weight is 202 g/mol. The van der Waals surface area contributed by atoms with Gasteiger partial charge in [-0.2, -0.15) is 0 Å². The van der Waals surface area contributed by atoms with Crippen molar-refractivity contribution in [1.82, 2.24) is 0 Å². The molecule has 0 bridgehead atoms. The SMILES string of the molecule is CC(C)CN=C(N)/C=C/c1ccccc1. The molecule has 0 aliphatic carbocycles. The Labute approximate surface area is 91.5 Å². The van der Waals surface area contributed by atoms with Crippen molar-refractivity contribution < 1.29 is 0 Å². The van der Waals surface area contributed by atoms with Gasteiger partial charge in [0.2, 0.25) is 0 Å². The van der Waals surface area contributed by atoms with E-state index in [1.807, 2.05) is 42.5 Å². The largest absolute Gasteiger partial charge is 0.384 e. The first-order chi connectivity index (χ1) is 7.18. The van der Waals surface area contributed by atoms with Crippen LogP contribution in [-0.2, 0) is 0 Å². The van der Waals surface area contributed by atoms with Gasteiger partial charge in [0.15, 0.2) is 0 Å². The normalized spacial score (nSPS) is 12.6. The molecule has 0 aliphatic rings. The Morgan fingerprint density at radius 3 is 2.60 bits per heavy atom. The van der Waals surface area contributed by atoms with Gasteiger partial charge in [0.25, 0.3) is 0 Å². The highest BCUT2D eigenvalue weighted by atomic mass is 14.8. The van der Waals surface area contributed by atoms with Crippen molar-refractivity contribution in [2.24, 2.45) is 16.6 Å². The van der Waals surface area contributed by atoms with Crippen LogP contribution in [0, 0.1) is 5.92 Å². The van der Waals surface area contributed by atoms with E-state index < -0.39 is 0 Å². The van der Waals surface area contributed by atoms with Crippen molar-refractivity contribution in [3.05, 3.63) is 42.0 Å². The summed E-state index contributed by atoms with van der Waals surface area (Å²) in [6, 6.07) is 10.1. The van der Waals surface area contributed by atoms with E-state index in [1.54, 1.807) is 0 Å². The molecule has 0 atom stereocenters. The van der Waals surface area contributed by atoms with Crippen LogP contribution in [0.25, 0.3) is 6.08 Å². The first kappa shape index (κ1) is 11.5. The van der Waals surface area contributed by atoms with E-state index in [9.17, 15) is 0 Å². The molecule has 0 aliphatic heterocycles. The summed E-state index contributed by atoms with van der Waals surface area (Å²) in [5, 5.41) is 0. The Bertz CT molecular complexity index is 337. The Kier molecular flexibility index (Phi) is 4.61. The molecule has 0 saturated carbocycles. The molecule has 0 radical (unpaired) electrons. The second-order valence-electron chi connectivity index (χ2n) is 3.90. The molecule has 2 heteroatoms. The third-order valence-corrected chi connectivity index (χ3v) is 1.89. The highest BCUT2D eigenvalue weighted by Gasteiger charge is 1.90. The van der Waals surface area contributed by atoms with Crippen LogP contribution in [0.1, 0.15) is 19.4 Å². The van der Waals surface area contributed by atoms with Gasteiger partial charge in [0.05, 0.1) is 0 Å². The van der Waals surface area contributed by atoms with Gasteiger partial charge in [0.1, 0.15) is 5.84 Å². The molecular formula is C13H18N2. The summed E-state index contributed by atoms with van der Waals surface area (Å²) in [5.74, 6) is 1.14. The average Bonchev–Trinajstić information content (AvgIpc) is 2.25. The first-order valence-electron chi connectivity index (χ1n) is 5.21. The lowest BCUT2D eigenvalue weighted by molar-refractivity contribution is 0.665. The van der Waals surface area contributed by atoms with E-state index in [0.29, 0.717) is 11.8 Å². The highest BCUT2D eigenvalue weighted by Crippen LogP contribution is 2.00. The fourth-order valence-electron chi connectivity index (χ4n) is 1.09. The fraction of sp³-hybridized carbons (Fsp3) is 0.308. The maximum Gasteiger partial charge on any atom is 0.118 e. The second kappa shape index (κ2) is 6.02. The van der Waals surface area contributed by atoms with Crippen LogP contribution in [0.2, 0.25) is 0 Å². The maximum atomic E-state index is 5.73. The Morgan fingerprint density at radius 1 is 1.33 bits per heavy atom. The predicted octanol–water partition coefficient (Wildman–Crippen LogP) is 2.71. The first-order valence-corrected chi connectivity index (χ1v) is 5.21. The Hall–Kier alpha value is -1.57. The van der Waals surface area contributed by atoms with Crippen LogP contribution in [0.3, 0.4) is 0 Å². The number of benzene rings is 1. The summed E-state index contributed by atoms with van der Waals surface area (Å²) >= 11 is 0. The standard InChI is InChI=1S/C13H18N2/c1-11(2)10-15-13(14)9-8-12-6-4-3-5-7-12/h3-9,11H,10H2,1-2H3,(H2,14,15)/b9-8+. The van der Waals surface area contributed by atoms with Crippen LogP contribution < -0.4 is 5.73 Å². The van der Waals surface area contributed by atoms with Crippen LogP contribution in [-0.4, -0.2) is 12.4 Å². The number of nitrogens with two attached hydrogens (primary N) is 1. The molecule has 2 nitrogen and oxygen atoms in total. The summed E-state index contributed by atoms with van der Waals surface area (Å²) in [7, 11) is 0. The maximum absolute atomic E-state index is 5.73. The summed E-state index contributed by atoms with van der Waals surface area (Å²) < 4.78 is 0. The third-order valence-electron chi connectivity index (χ3n) is 1.89. The quantitative estimate of drug-likeness (QED) is 0.591. The molecule has 1 aromatic rings. The van der Waals surface area contributed by atoms with Crippen molar-refractivity contribution in [2.45, 2.75) is 13.8 Å². The molecule has 0 aromatic heterocycles. The van der Waals surface area contributed by atoms with Crippen molar-refractivity contribution in [3.8, 4) is 0 Å². The van der Waals surface area contributed by atoms with Crippen molar-refractivity contribution in [3.63, 3.8) is 0 Å². The molecule has 1 rings (SSSR count). The molecule has 80 valence electrons. The molecule has 15 heavy (non-hydrogen) atoms. The molecule has 0 saturated heterocycles. The van der Waals surface area contributed by atoms with E-state index in [0.717, 1.165) is 12.1 Å². The summed E-state index contributed by atoms with van der Waals surface area (Å²) in [5.41, 5.74) is 6.87. The van der Waals surface area contributed by atoms with Crippen molar-refractivity contribution in [1.29, 1.82) is 0 Å². The fourth-order valence-corrected chi connectivity index (χ4v) is 1.09. The molecular weight excluding hydrogens is 184 g/mol. The lowest BCUT2D eigenvalue weighted by Crippen LogP contribution is -2.09. The predicted molar refractivity (Wildman–Crippen MR) is 66.8 cm³/mol. The minimum Gasteiger partial charge on any atom is -0.384 e. The molecule has 0 heterocycles. The lowest BCUT2D eigenvalue weighted by atomic mass is 10.2. The molecule has 0 spiro atoms. The Balaban J connectivity index is 2.54. The number of amidine groups is 1. The number of nitrogens with zero attached hydrogens (tertiary/aromatic N) is 1. The zero-order valence-electron chi connectivity index (χ0n) is 9.35.